The molecule has 0 amide bonds. The van der Waals surface area contributed by atoms with Gasteiger partial charge in [0.15, 0.2) is 0 Å². The molecule has 2 N–H and O–H groups in total. The first-order valence-electron chi connectivity index (χ1n) is 5.31. The topological polar surface area (TPSA) is 35.2 Å². The van der Waals surface area contributed by atoms with Crippen LogP contribution in [0.3, 0.4) is 0 Å². The quantitative estimate of drug-likeness (QED) is 0.888. The summed E-state index contributed by atoms with van der Waals surface area (Å²) in [6.45, 7) is 2.82. The van der Waals surface area contributed by atoms with E-state index in [4.69, 9.17) is 10.5 Å². The van der Waals surface area contributed by atoms with E-state index in [0.717, 1.165) is 11.1 Å². The number of ether oxygens (including phenoxy) is 1. The minimum atomic E-state index is -4.31. The third-order valence-electron chi connectivity index (χ3n) is 2.39. The van der Waals surface area contributed by atoms with Gasteiger partial charge in [0.1, 0.15) is 18.3 Å². The number of nitrogens with two attached hydrogens (primary N) is 1. The minimum absolute atomic E-state index is 0.442. The van der Waals surface area contributed by atoms with Crippen LogP contribution < -0.4 is 10.5 Å². The molecule has 1 aromatic carbocycles. The van der Waals surface area contributed by atoms with Crippen LogP contribution >= 0.6 is 0 Å². The molecule has 0 saturated heterocycles. The molecule has 0 saturated carbocycles. The molecule has 17 heavy (non-hydrogen) atoms. The summed E-state index contributed by atoms with van der Waals surface area (Å²) in [5.41, 5.74) is 6.99. The van der Waals surface area contributed by atoms with Crippen molar-refractivity contribution >= 4 is 0 Å². The second kappa shape index (κ2) is 5.40. The zero-order chi connectivity index (χ0) is 13.1. The Morgan fingerprint density at radius 3 is 2.12 bits per heavy atom. The highest BCUT2D eigenvalue weighted by molar-refractivity contribution is 5.32. The fourth-order valence-electron chi connectivity index (χ4n) is 1.51. The van der Waals surface area contributed by atoms with Crippen molar-refractivity contribution in [2.45, 2.75) is 20.0 Å². The first-order chi connectivity index (χ1) is 7.82. The zero-order valence-electron chi connectivity index (χ0n) is 9.84. The Morgan fingerprint density at radius 2 is 1.71 bits per heavy atom. The predicted octanol–water partition coefficient (Wildman–Crippen LogP) is 2.82. The third-order valence-corrected chi connectivity index (χ3v) is 2.39. The van der Waals surface area contributed by atoms with Crippen molar-refractivity contribution in [1.29, 1.82) is 0 Å². The Balaban J connectivity index is 2.66. The van der Waals surface area contributed by atoms with Crippen molar-refractivity contribution in [3.05, 3.63) is 29.3 Å². The van der Waals surface area contributed by atoms with Crippen LogP contribution in [-0.2, 0) is 0 Å². The molecule has 0 spiro atoms. The maximum Gasteiger partial charge on any atom is 0.396 e. The summed E-state index contributed by atoms with van der Waals surface area (Å²) in [6, 6.07) is 5.34. The van der Waals surface area contributed by atoms with Gasteiger partial charge in [0.05, 0.1) is 0 Å². The third kappa shape index (κ3) is 4.26. The monoisotopic (exact) mass is 247 g/mol. The molecule has 1 unspecified atom stereocenters. The average Bonchev–Trinajstić information content (AvgIpc) is 2.14. The number of rotatable bonds is 4. The van der Waals surface area contributed by atoms with Gasteiger partial charge in [-0.25, -0.2) is 0 Å². The van der Waals surface area contributed by atoms with Crippen molar-refractivity contribution in [2.24, 2.45) is 11.7 Å². The Morgan fingerprint density at radius 1 is 1.18 bits per heavy atom. The molecule has 1 atom stereocenters. The van der Waals surface area contributed by atoms with Gasteiger partial charge >= 0.3 is 6.18 Å². The summed E-state index contributed by atoms with van der Waals surface area (Å²) in [4.78, 5) is 0. The molecule has 0 heterocycles. The lowest BCUT2D eigenvalue weighted by Crippen LogP contribution is -2.35. The standard InChI is InChI=1S/C12H16F3NO/c1-8-3-9(2)5-11(4-8)17-7-10(6-16)12(13,14)15/h3-5,10H,6-7,16H2,1-2H3. The smallest absolute Gasteiger partial charge is 0.396 e. The van der Waals surface area contributed by atoms with Crippen LogP contribution in [0.4, 0.5) is 13.2 Å². The Labute approximate surface area is 98.6 Å². The van der Waals surface area contributed by atoms with Crippen LogP contribution in [0.1, 0.15) is 11.1 Å². The normalized spacial score (nSPS) is 13.5. The van der Waals surface area contributed by atoms with Gasteiger partial charge in [-0.1, -0.05) is 6.07 Å². The van der Waals surface area contributed by atoms with Gasteiger partial charge in [-0.05, 0) is 37.1 Å². The summed E-state index contributed by atoms with van der Waals surface area (Å²) in [5, 5.41) is 0. The van der Waals surface area contributed by atoms with Gasteiger partial charge < -0.3 is 10.5 Å². The molecule has 1 rings (SSSR count). The molecule has 0 aliphatic heterocycles. The van der Waals surface area contributed by atoms with Crippen LogP contribution in [-0.4, -0.2) is 19.3 Å². The second-order valence-corrected chi connectivity index (χ2v) is 4.11. The summed E-state index contributed by atoms with van der Waals surface area (Å²) in [5.74, 6) is -1.17. The molecule has 5 heteroatoms. The first-order valence-corrected chi connectivity index (χ1v) is 5.31. The van der Waals surface area contributed by atoms with Crippen LogP contribution in [0, 0.1) is 19.8 Å². The van der Waals surface area contributed by atoms with E-state index in [1.54, 1.807) is 12.1 Å². The SMILES string of the molecule is Cc1cc(C)cc(OCC(CN)C(F)(F)F)c1. The molecular formula is C12H16F3NO. The van der Waals surface area contributed by atoms with Crippen molar-refractivity contribution in [3.8, 4) is 5.75 Å². The van der Waals surface area contributed by atoms with E-state index in [9.17, 15) is 13.2 Å². The van der Waals surface area contributed by atoms with Crippen molar-refractivity contribution in [1.82, 2.24) is 0 Å². The Bertz CT molecular complexity index is 356. The van der Waals surface area contributed by atoms with Gasteiger partial charge in [-0.3, -0.25) is 0 Å². The van der Waals surface area contributed by atoms with E-state index >= 15 is 0 Å². The fourth-order valence-corrected chi connectivity index (χ4v) is 1.51. The van der Waals surface area contributed by atoms with Crippen molar-refractivity contribution < 1.29 is 17.9 Å². The van der Waals surface area contributed by atoms with Crippen molar-refractivity contribution in [3.63, 3.8) is 0 Å². The summed E-state index contributed by atoms with van der Waals surface area (Å²) >= 11 is 0. The van der Waals surface area contributed by atoms with E-state index < -0.39 is 25.2 Å². The second-order valence-electron chi connectivity index (χ2n) is 4.11. The fraction of sp³-hybridized carbons (Fsp3) is 0.500. The highest BCUT2D eigenvalue weighted by Crippen LogP contribution is 2.26. The van der Waals surface area contributed by atoms with Crippen molar-refractivity contribution in [2.75, 3.05) is 13.2 Å². The number of hydrogen-bond acceptors (Lipinski definition) is 2. The summed E-state index contributed by atoms with van der Waals surface area (Å²) in [7, 11) is 0. The van der Waals surface area contributed by atoms with E-state index in [0.29, 0.717) is 5.75 Å². The first kappa shape index (κ1) is 13.8. The lowest BCUT2D eigenvalue weighted by Gasteiger charge is -2.19. The maximum absolute atomic E-state index is 12.4. The molecule has 0 aromatic heterocycles. The molecule has 0 radical (unpaired) electrons. The number of halogens is 3. The molecule has 0 bridgehead atoms. The van der Waals surface area contributed by atoms with Crippen LogP contribution in [0.15, 0.2) is 18.2 Å². The highest BCUT2D eigenvalue weighted by atomic mass is 19.4. The Hall–Kier alpha value is -1.23. The highest BCUT2D eigenvalue weighted by Gasteiger charge is 2.39. The number of benzene rings is 1. The average molecular weight is 247 g/mol. The zero-order valence-corrected chi connectivity index (χ0v) is 9.84. The lowest BCUT2D eigenvalue weighted by atomic mass is 10.1. The van der Waals surface area contributed by atoms with E-state index in [1.807, 2.05) is 19.9 Å². The molecule has 96 valence electrons. The van der Waals surface area contributed by atoms with Gasteiger partial charge in [-0.15, -0.1) is 0 Å². The summed E-state index contributed by atoms with van der Waals surface area (Å²) in [6.07, 6.45) is -4.31. The van der Waals surface area contributed by atoms with Crippen LogP contribution in [0.2, 0.25) is 0 Å². The number of hydrogen-bond donors (Lipinski definition) is 1. The van der Waals surface area contributed by atoms with E-state index in [1.165, 1.54) is 0 Å². The predicted molar refractivity (Wildman–Crippen MR) is 60.0 cm³/mol. The molecule has 0 fully saturated rings. The number of aryl methyl sites for hydroxylation is 2. The largest absolute Gasteiger partial charge is 0.493 e. The molecule has 0 aliphatic rings. The molecule has 0 aliphatic carbocycles. The van der Waals surface area contributed by atoms with Gasteiger partial charge in [-0.2, -0.15) is 13.2 Å². The molecular weight excluding hydrogens is 231 g/mol. The van der Waals surface area contributed by atoms with Gasteiger partial charge in [0.2, 0.25) is 0 Å². The maximum atomic E-state index is 12.4. The van der Waals surface area contributed by atoms with Crippen LogP contribution in [0.25, 0.3) is 0 Å². The molecule has 2 nitrogen and oxygen atoms in total. The van der Waals surface area contributed by atoms with Gasteiger partial charge in [0.25, 0.3) is 0 Å². The summed E-state index contributed by atoms with van der Waals surface area (Å²) < 4.78 is 42.4. The Kier molecular flexibility index (Phi) is 4.40. The van der Waals surface area contributed by atoms with Gasteiger partial charge in [0, 0.05) is 6.54 Å². The van der Waals surface area contributed by atoms with E-state index in [-0.39, 0.29) is 0 Å². The van der Waals surface area contributed by atoms with Crippen LogP contribution in [0.5, 0.6) is 5.75 Å². The van der Waals surface area contributed by atoms with E-state index in [2.05, 4.69) is 0 Å². The number of alkyl halides is 3. The minimum Gasteiger partial charge on any atom is -0.493 e. The molecule has 1 aromatic rings. The lowest BCUT2D eigenvalue weighted by molar-refractivity contribution is -0.178.